The van der Waals surface area contributed by atoms with Crippen molar-refractivity contribution >= 4 is 17.5 Å². The fraction of sp³-hybridized carbons (Fsp3) is 0.562. The van der Waals surface area contributed by atoms with Crippen molar-refractivity contribution in [3.8, 4) is 0 Å². The average Bonchev–Trinajstić information content (AvgIpc) is 2.49. The normalized spacial score (nSPS) is 28.7. The van der Waals surface area contributed by atoms with Gasteiger partial charge in [-0.3, -0.25) is 4.79 Å². The molecule has 1 amide bonds. The van der Waals surface area contributed by atoms with E-state index in [4.69, 9.17) is 21.1 Å². The van der Waals surface area contributed by atoms with E-state index in [1.807, 2.05) is 24.3 Å². The standard InChI is InChI=1S/C16H20ClNO3/c17-13-4-2-1-3-11(13)9-16(19)18-12-5-6-14-15(10-12)21-8-7-20-14/h1-4,12,14-15H,5-10H2,(H,18,19)/t12-,14+,15+/m1/s1. The third kappa shape index (κ3) is 3.76. The molecule has 1 aliphatic heterocycles. The molecule has 3 rings (SSSR count). The first-order valence-electron chi connectivity index (χ1n) is 7.48. The first-order valence-corrected chi connectivity index (χ1v) is 7.86. The zero-order valence-corrected chi connectivity index (χ0v) is 12.6. The largest absolute Gasteiger partial charge is 0.373 e. The lowest BCUT2D eigenvalue weighted by molar-refractivity contribution is -0.158. The van der Waals surface area contributed by atoms with Gasteiger partial charge in [-0.25, -0.2) is 0 Å². The molecule has 5 heteroatoms. The summed E-state index contributed by atoms with van der Waals surface area (Å²) >= 11 is 6.09. The molecule has 1 N–H and O–H groups in total. The van der Waals surface area contributed by atoms with E-state index in [0.717, 1.165) is 24.8 Å². The molecule has 1 aliphatic carbocycles. The van der Waals surface area contributed by atoms with Crippen LogP contribution in [-0.2, 0) is 20.7 Å². The van der Waals surface area contributed by atoms with E-state index in [0.29, 0.717) is 24.7 Å². The van der Waals surface area contributed by atoms with Crippen LogP contribution in [-0.4, -0.2) is 37.4 Å². The van der Waals surface area contributed by atoms with Gasteiger partial charge in [-0.2, -0.15) is 0 Å². The van der Waals surface area contributed by atoms with Gasteiger partial charge in [-0.05, 0) is 30.9 Å². The molecular formula is C16H20ClNO3. The fourth-order valence-corrected chi connectivity index (χ4v) is 3.29. The zero-order valence-electron chi connectivity index (χ0n) is 11.9. The molecule has 4 nitrogen and oxygen atoms in total. The van der Waals surface area contributed by atoms with E-state index in [1.165, 1.54) is 0 Å². The van der Waals surface area contributed by atoms with Crippen molar-refractivity contribution < 1.29 is 14.3 Å². The molecule has 1 saturated carbocycles. The Balaban J connectivity index is 1.52. The van der Waals surface area contributed by atoms with Gasteiger partial charge in [0.05, 0.1) is 31.8 Å². The predicted octanol–water partition coefficient (Wildman–Crippen LogP) is 2.34. The highest BCUT2D eigenvalue weighted by atomic mass is 35.5. The second-order valence-corrected chi connectivity index (χ2v) is 6.07. The predicted molar refractivity (Wildman–Crippen MR) is 80.4 cm³/mol. The van der Waals surface area contributed by atoms with Gasteiger partial charge in [0.1, 0.15) is 0 Å². The van der Waals surface area contributed by atoms with Crippen LogP contribution in [0.5, 0.6) is 0 Å². The molecule has 0 spiro atoms. The molecule has 0 aromatic heterocycles. The van der Waals surface area contributed by atoms with Crippen LogP contribution in [0.2, 0.25) is 5.02 Å². The van der Waals surface area contributed by atoms with Gasteiger partial charge in [0.25, 0.3) is 0 Å². The molecule has 2 aliphatic rings. The molecule has 21 heavy (non-hydrogen) atoms. The Labute approximate surface area is 129 Å². The van der Waals surface area contributed by atoms with Crippen molar-refractivity contribution in [1.29, 1.82) is 0 Å². The maximum absolute atomic E-state index is 12.2. The van der Waals surface area contributed by atoms with Crippen LogP contribution in [0.3, 0.4) is 0 Å². The quantitative estimate of drug-likeness (QED) is 0.932. The highest BCUT2D eigenvalue weighted by Crippen LogP contribution is 2.27. The van der Waals surface area contributed by atoms with E-state index in [-0.39, 0.29) is 24.2 Å². The molecule has 0 unspecified atom stereocenters. The van der Waals surface area contributed by atoms with Gasteiger partial charge >= 0.3 is 0 Å². The van der Waals surface area contributed by atoms with Gasteiger partial charge in [-0.15, -0.1) is 0 Å². The van der Waals surface area contributed by atoms with Gasteiger partial charge < -0.3 is 14.8 Å². The summed E-state index contributed by atoms with van der Waals surface area (Å²) in [6.45, 7) is 1.34. The molecule has 3 atom stereocenters. The number of benzene rings is 1. The smallest absolute Gasteiger partial charge is 0.224 e. The lowest BCUT2D eigenvalue weighted by Gasteiger charge is -2.39. The number of nitrogens with one attached hydrogen (secondary N) is 1. The minimum atomic E-state index is 0.0169. The number of carbonyl (C=O) groups excluding carboxylic acids is 1. The topological polar surface area (TPSA) is 47.6 Å². The molecule has 1 aromatic carbocycles. The van der Waals surface area contributed by atoms with Crippen LogP contribution >= 0.6 is 11.6 Å². The van der Waals surface area contributed by atoms with Crippen molar-refractivity contribution in [1.82, 2.24) is 5.32 Å². The maximum Gasteiger partial charge on any atom is 0.224 e. The molecular weight excluding hydrogens is 290 g/mol. The highest BCUT2D eigenvalue weighted by Gasteiger charge is 2.34. The Morgan fingerprint density at radius 3 is 2.76 bits per heavy atom. The van der Waals surface area contributed by atoms with Gasteiger partial charge in [0.2, 0.25) is 5.91 Å². The van der Waals surface area contributed by atoms with E-state index in [2.05, 4.69) is 5.32 Å². The first-order chi connectivity index (χ1) is 10.2. The summed E-state index contributed by atoms with van der Waals surface area (Å²) in [4.78, 5) is 12.2. The Hall–Kier alpha value is -1.10. The number of hydrogen-bond acceptors (Lipinski definition) is 3. The van der Waals surface area contributed by atoms with Crippen molar-refractivity contribution in [2.24, 2.45) is 0 Å². The van der Waals surface area contributed by atoms with Crippen LogP contribution in [0.4, 0.5) is 0 Å². The fourth-order valence-electron chi connectivity index (χ4n) is 3.09. The molecule has 1 saturated heterocycles. The molecule has 2 fully saturated rings. The van der Waals surface area contributed by atoms with Crippen LogP contribution in [0.15, 0.2) is 24.3 Å². The first kappa shape index (κ1) is 14.8. The Kier molecular flexibility index (Phi) is 4.78. The van der Waals surface area contributed by atoms with Crippen molar-refractivity contribution in [3.05, 3.63) is 34.9 Å². The van der Waals surface area contributed by atoms with Crippen LogP contribution in [0.1, 0.15) is 24.8 Å². The van der Waals surface area contributed by atoms with Crippen molar-refractivity contribution in [2.45, 2.75) is 43.9 Å². The van der Waals surface area contributed by atoms with E-state index in [1.54, 1.807) is 0 Å². The van der Waals surface area contributed by atoms with Crippen LogP contribution in [0, 0.1) is 0 Å². The Morgan fingerprint density at radius 1 is 1.19 bits per heavy atom. The lowest BCUT2D eigenvalue weighted by Crippen LogP contribution is -2.49. The van der Waals surface area contributed by atoms with Gasteiger partial charge in [0.15, 0.2) is 0 Å². The molecule has 114 valence electrons. The summed E-state index contributed by atoms with van der Waals surface area (Å²) in [6.07, 6.45) is 3.37. The number of rotatable bonds is 3. The summed E-state index contributed by atoms with van der Waals surface area (Å²) in [6, 6.07) is 7.63. The summed E-state index contributed by atoms with van der Waals surface area (Å²) in [7, 11) is 0. The van der Waals surface area contributed by atoms with Crippen LogP contribution < -0.4 is 5.32 Å². The summed E-state index contributed by atoms with van der Waals surface area (Å²) in [5.41, 5.74) is 0.864. The SMILES string of the molecule is O=C(Cc1ccccc1Cl)N[C@@H]1CC[C@@H]2OCCO[C@H]2C1. The molecule has 0 radical (unpaired) electrons. The van der Waals surface area contributed by atoms with E-state index < -0.39 is 0 Å². The average molecular weight is 310 g/mol. The zero-order chi connectivity index (χ0) is 14.7. The van der Waals surface area contributed by atoms with Gasteiger partial charge in [0, 0.05) is 11.1 Å². The Bertz CT molecular complexity index is 508. The number of halogens is 1. The number of hydrogen-bond donors (Lipinski definition) is 1. The third-order valence-electron chi connectivity index (χ3n) is 4.15. The summed E-state index contributed by atoms with van der Waals surface area (Å²) in [5, 5.41) is 3.73. The Morgan fingerprint density at radius 2 is 1.95 bits per heavy atom. The van der Waals surface area contributed by atoms with Crippen LogP contribution in [0.25, 0.3) is 0 Å². The highest BCUT2D eigenvalue weighted by molar-refractivity contribution is 6.31. The van der Waals surface area contributed by atoms with E-state index >= 15 is 0 Å². The third-order valence-corrected chi connectivity index (χ3v) is 4.52. The minimum Gasteiger partial charge on any atom is -0.373 e. The second kappa shape index (κ2) is 6.77. The lowest BCUT2D eigenvalue weighted by atomic mass is 9.89. The van der Waals surface area contributed by atoms with E-state index in [9.17, 15) is 4.79 Å². The monoisotopic (exact) mass is 309 g/mol. The summed E-state index contributed by atoms with van der Waals surface area (Å²) in [5.74, 6) is 0.0169. The van der Waals surface area contributed by atoms with Crippen molar-refractivity contribution in [3.63, 3.8) is 0 Å². The summed E-state index contributed by atoms with van der Waals surface area (Å²) < 4.78 is 11.4. The number of carbonyl (C=O) groups is 1. The second-order valence-electron chi connectivity index (χ2n) is 5.66. The molecule has 0 bridgehead atoms. The number of fused-ring (bicyclic) bond motifs is 1. The molecule has 1 heterocycles. The van der Waals surface area contributed by atoms with Gasteiger partial charge in [-0.1, -0.05) is 29.8 Å². The maximum atomic E-state index is 12.2. The van der Waals surface area contributed by atoms with Crippen molar-refractivity contribution in [2.75, 3.05) is 13.2 Å². The molecule has 1 aromatic rings. The number of amides is 1. The number of ether oxygens (including phenoxy) is 2. The minimum absolute atomic E-state index is 0.0169.